The van der Waals surface area contributed by atoms with E-state index in [0.717, 1.165) is 11.5 Å². The van der Waals surface area contributed by atoms with Gasteiger partial charge in [-0.25, -0.2) is 0 Å². The zero-order valence-electron chi connectivity index (χ0n) is 8.45. The fraction of sp³-hybridized carbons (Fsp3) is 0.600. The van der Waals surface area contributed by atoms with Crippen molar-refractivity contribution in [3.63, 3.8) is 0 Å². The third-order valence-electron chi connectivity index (χ3n) is 2.27. The molecule has 0 spiro atoms. The van der Waals surface area contributed by atoms with Gasteiger partial charge in [0.1, 0.15) is 11.5 Å². The van der Waals surface area contributed by atoms with Gasteiger partial charge in [0.05, 0.1) is 6.04 Å². The topological polar surface area (TPSA) is 65.2 Å². The van der Waals surface area contributed by atoms with Crippen LogP contribution in [-0.4, -0.2) is 6.04 Å². The van der Waals surface area contributed by atoms with E-state index in [-0.39, 0.29) is 12.1 Å². The lowest BCUT2D eigenvalue weighted by Gasteiger charge is -2.21. The van der Waals surface area contributed by atoms with Crippen molar-refractivity contribution in [2.45, 2.75) is 32.9 Å². The van der Waals surface area contributed by atoms with E-state index in [0.29, 0.717) is 5.92 Å². The van der Waals surface area contributed by atoms with E-state index in [1.807, 2.05) is 19.1 Å². The molecule has 0 aromatic carbocycles. The van der Waals surface area contributed by atoms with E-state index in [9.17, 15) is 0 Å². The summed E-state index contributed by atoms with van der Waals surface area (Å²) in [5.74, 6) is 2.01. The van der Waals surface area contributed by atoms with Gasteiger partial charge < -0.3 is 15.9 Å². The van der Waals surface area contributed by atoms with E-state index in [2.05, 4.69) is 13.8 Å². The maximum atomic E-state index is 5.93. The third kappa shape index (κ3) is 2.32. The van der Waals surface area contributed by atoms with Crippen LogP contribution >= 0.6 is 0 Å². The van der Waals surface area contributed by atoms with Gasteiger partial charge in [0, 0.05) is 6.04 Å². The molecular formula is C10H18N2O. The quantitative estimate of drug-likeness (QED) is 0.745. The smallest absolute Gasteiger partial charge is 0.122 e. The second-order valence-corrected chi connectivity index (χ2v) is 3.80. The van der Waals surface area contributed by atoms with Crippen molar-refractivity contribution in [2.24, 2.45) is 17.4 Å². The highest BCUT2D eigenvalue weighted by atomic mass is 16.3. The molecule has 0 amide bonds. The van der Waals surface area contributed by atoms with Crippen molar-refractivity contribution < 1.29 is 4.42 Å². The van der Waals surface area contributed by atoms with Crippen molar-refractivity contribution in [3.8, 4) is 0 Å². The molecule has 74 valence electrons. The van der Waals surface area contributed by atoms with Gasteiger partial charge in [0.2, 0.25) is 0 Å². The molecule has 0 aliphatic heterocycles. The summed E-state index contributed by atoms with van der Waals surface area (Å²) < 4.78 is 5.41. The Morgan fingerprint density at radius 3 is 2.23 bits per heavy atom. The molecule has 0 radical (unpaired) electrons. The van der Waals surface area contributed by atoms with Crippen molar-refractivity contribution in [2.75, 3.05) is 0 Å². The third-order valence-corrected chi connectivity index (χ3v) is 2.27. The molecule has 3 heteroatoms. The van der Waals surface area contributed by atoms with Crippen LogP contribution in [0.2, 0.25) is 0 Å². The molecule has 1 aromatic heterocycles. The van der Waals surface area contributed by atoms with Gasteiger partial charge in [-0.05, 0) is 25.0 Å². The molecule has 2 atom stereocenters. The highest BCUT2D eigenvalue weighted by Crippen LogP contribution is 2.19. The summed E-state index contributed by atoms with van der Waals surface area (Å²) in [5.41, 5.74) is 11.9. The van der Waals surface area contributed by atoms with Crippen LogP contribution in [-0.2, 0) is 0 Å². The van der Waals surface area contributed by atoms with Gasteiger partial charge in [-0.15, -0.1) is 0 Å². The molecule has 2 unspecified atom stereocenters. The molecule has 4 N–H and O–H groups in total. The molecule has 1 rings (SSSR count). The first-order valence-electron chi connectivity index (χ1n) is 4.60. The fourth-order valence-electron chi connectivity index (χ4n) is 1.24. The van der Waals surface area contributed by atoms with Crippen molar-refractivity contribution in [1.29, 1.82) is 0 Å². The molecule has 0 saturated carbocycles. The molecule has 1 aromatic rings. The molecular weight excluding hydrogens is 164 g/mol. The molecule has 13 heavy (non-hydrogen) atoms. The van der Waals surface area contributed by atoms with E-state index in [1.54, 1.807) is 0 Å². The Morgan fingerprint density at radius 1 is 1.23 bits per heavy atom. The van der Waals surface area contributed by atoms with Crippen LogP contribution in [0.15, 0.2) is 16.5 Å². The monoisotopic (exact) mass is 182 g/mol. The molecule has 1 heterocycles. The molecule has 0 aliphatic carbocycles. The summed E-state index contributed by atoms with van der Waals surface area (Å²) in [7, 11) is 0. The lowest BCUT2D eigenvalue weighted by Crippen LogP contribution is -2.38. The van der Waals surface area contributed by atoms with E-state index < -0.39 is 0 Å². The van der Waals surface area contributed by atoms with Crippen LogP contribution in [0.3, 0.4) is 0 Å². The standard InChI is InChI=1S/C10H18N2O/c1-6(2)9(11)10(12)8-5-4-7(3)13-8/h4-6,9-10H,11-12H2,1-3H3. The second kappa shape index (κ2) is 3.94. The Morgan fingerprint density at radius 2 is 1.85 bits per heavy atom. The molecule has 3 nitrogen and oxygen atoms in total. The normalized spacial score (nSPS) is 16.2. The van der Waals surface area contributed by atoms with Crippen LogP contribution in [0.1, 0.15) is 31.4 Å². The summed E-state index contributed by atoms with van der Waals surface area (Å²) in [4.78, 5) is 0. The minimum Gasteiger partial charge on any atom is -0.465 e. The van der Waals surface area contributed by atoms with Crippen LogP contribution in [0.4, 0.5) is 0 Å². The first kappa shape index (κ1) is 10.3. The van der Waals surface area contributed by atoms with E-state index in [4.69, 9.17) is 15.9 Å². The maximum absolute atomic E-state index is 5.93. The SMILES string of the molecule is Cc1ccc(C(N)C(N)C(C)C)o1. The summed E-state index contributed by atoms with van der Waals surface area (Å²) in [5, 5.41) is 0. The van der Waals surface area contributed by atoms with Crippen molar-refractivity contribution in [1.82, 2.24) is 0 Å². The van der Waals surface area contributed by atoms with Gasteiger partial charge in [0.15, 0.2) is 0 Å². The maximum Gasteiger partial charge on any atom is 0.122 e. The van der Waals surface area contributed by atoms with E-state index >= 15 is 0 Å². The first-order valence-corrected chi connectivity index (χ1v) is 4.60. The van der Waals surface area contributed by atoms with Gasteiger partial charge in [0.25, 0.3) is 0 Å². The fourth-order valence-corrected chi connectivity index (χ4v) is 1.24. The molecule has 0 aliphatic rings. The lowest BCUT2D eigenvalue weighted by molar-refractivity contribution is 0.360. The largest absolute Gasteiger partial charge is 0.465 e. The minimum absolute atomic E-state index is 0.0504. The van der Waals surface area contributed by atoms with Gasteiger partial charge in [-0.2, -0.15) is 0 Å². The summed E-state index contributed by atoms with van der Waals surface area (Å²) in [6, 6.07) is 3.55. The summed E-state index contributed by atoms with van der Waals surface area (Å²) in [6.07, 6.45) is 0. The Labute approximate surface area is 79.1 Å². The second-order valence-electron chi connectivity index (χ2n) is 3.80. The average Bonchev–Trinajstić information content (AvgIpc) is 2.49. The first-order chi connectivity index (χ1) is 6.02. The van der Waals surface area contributed by atoms with E-state index in [1.165, 1.54) is 0 Å². The number of aryl methyl sites for hydroxylation is 1. The van der Waals surface area contributed by atoms with Crippen molar-refractivity contribution in [3.05, 3.63) is 23.7 Å². The zero-order valence-corrected chi connectivity index (χ0v) is 8.45. The van der Waals surface area contributed by atoms with Crippen LogP contribution in [0.25, 0.3) is 0 Å². The highest BCUT2D eigenvalue weighted by molar-refractivity contribution is 5.11. The number of rotatable bonds is 3. The molecule has 0 fully saturated rings. The number of furan rings is 1. The Hall–Kier alpha value is -0.800. The number of hydrogen-bond acceptors (Lipinski definition) is 3. The number of hydrogen-bond donors (Lipinski definition) is 2. The van der Waals surface area contributed by atoms with Crippen LogP contribution in [0.5, 0.6) is 0 Å². The lowest BCUT2D eigenvalue weighted by atomic mass is 9.96. The predicted octanol–water partition coefficient (Wildman–Crippen LogP) is 1.57. The molecule has 0 bridgehead atoms. The molecule has 0 saturated heterocycles. The summed E-state index contributed by atoms with van der Waals surface area (Å²) in [6.45, 7) is 6.01. The zero-order chi connectivity index (χ0) is 10.0. The van der Waals surface area contributed by atoms with Crippen molar-refractivity contribution >= 4 is 0 Å². The van der Waals surface area contributed by atoms with Gasteiger partial charge >= 0.3 is 0 Å². The Kier molecular flexibility index (Phi) is 3.12. The Bertz CT molecular complexity index is 268. The van der Waals surface area contributed by atoms with Crippen LogP contribution in [0, 0.1) is 12.8 Å². The van der Waals surface area contributed by atoms with Gasteiger partial charge in [-0.3, -0.25) is 0 Å². The average molecular weight is 182 g/mol. The Balaban J connectivity index is 2.73. The predicted molar refractivity (Wildman–Crippen MR) is 53.2 cm³/mol. The minimum atomic E-state index is -0.200. The summed E-state index contributed by atoms with van der Waals surface area (Å²) >= 11 is 0. The highest BCUT2D eigenvalue weighted by Gasteiger charge is 2.20. The number of nitrogens with two attached hydrogens (primary N) is 2. The van der Waals surface area contributed by atoms with Crippen LogP contribution < -0.4 is 11.5 Å². The van der Waals surface area contributed by atoms with Gasteiger partial charge in [-0.1, -0.05) is 13.8 Å².